The van der Waals surface area contributed by atoms with Gasteiger partial charge in [0.15, 0.2) is 0 Å². The number of nitro groups is 1. The predicted octanol–water partition coefficient (Wildman–Crippen LogP) is 2.05. The van der Waals surface area contributed by atoms with Crippen molar-refractivity contribution in [2.75, 3.05) is 33.5 Å². The van der Waals surface area contributed by atoms with Crippen molar-refractivity contribution in [2.45, 2.75) is 19.9 Å². The highest BCUT2D eigenvalue weighted by molar-refractivity contribution is 5.42. The highest BCUT2D eigenvalue weighted by Crippen LogP contribution is 2.18. The minimum absolute atomic E-state index is 0.173. The molecule has 0 heterocycles. The van der Waals surface area contributed by atoms with Crippen LogP contribution in [0.15, 0.2) is 18.2 Å². The van der Waals surface area contributed by atoms with Crippen LogP contribution in [0.5, 0.6) is 0 Å². The summed E-state index contributed by atoms with van der Waals surface area (Å²) < 4.78 is 10.2. The Morgan fingerprint density at radius 1 is 1.30 bits per heavy atom. The van der Waals surface area contributed by atoms with Crippen LogP contribution < -0.4 is 5.32 Å². The smallest absolute Gasteiger partial charge is 0.272 e. The first-order valence-electron chi connectivity index (χ1n) is 6.66. The molecule has 0 amide bonds. The molecule has 6 heteroatoms. The molecule has 20 heavy (non-hydrogen) atoms. The van der Waals surface area contributed by atoms with E-state index in [0.717, 1.165) is 18.5 Å². The Kier molecular flexibility index (Phi) is 7.79. The van der Waals surface area contributed by atoms with Gasteiger partial charge in [-0.05, 0) is 25.5 Å². The standard InChI is InChI=1S/C14H22N2O4/c1-12-4-5-13(10-14(12)16(17)18)11-15-6-3-7-20-9-8-19-2/h4-5,10,15H,3,6-9,11H2,1-2H3. The van der Waals surface area contributed by atoms with Crippen molar-refractivity contribution in [3.05, 3.63) is 39.4 Å². The number of methoxy groups -OCH3 is 1. The Morgan fingerprint density at radius 3 is 2.80 bits per heavy atom. The molecule has 1 aromatic rings. The van der Waals surface area contributed by atoms with Crippen molar-refractivity contribution in [2.24, 2.45) is 0 Å². The summed E-state index contributed by atoms with van der Waals surface area (Å²) in [7, 11) is 1.64. The van der Waals surface area contributed by atoms with Crippen LogP contribution in [0.1, 0.15) is 17.5 Å². The SMILES string of the molecule is COCCOCCCNCc1ccc(C)c([N+](=O)[O-])c1. The van der Waals surface area contributed by atoms with Gasteiger partial charge in [-0.25, -0.2) is 0 Å². The fraction of sp³-hybridized carbons (Fsp3) is 0.571. The van der Waals surface area contributed by atoms with Gasteiger partial charge in [0.1, 0.15) is 0 Å². The molecule has 0 aliphatic rings. The molecule has 1 rings (SSSR count). The first-order valence-corrected chi connectivity index (χ1v) is 6.66. The normalized spacial score (nSPS) is 10.7. The van der Waals surface area contributed by atoms with Gasteiger partial charge in [-0.2, -0.15) is 0 Å². The Labute approximate surface area is 119 Å². The maximum atomic E-state index is 10.8. The van der Waals surface area contributed by atoms with Crippen molar-refractivity contribution < 1.29 is 14.4 Å². The van der Waals surface area contributed by atoms with Gasteiger partial charge in [0.05, 0.1) is 18.1 Å². The monoisotopic (exact) mass is 282 g/mol. The Morgan fingerprint density at radius 2 is 2.10 bits per heavy atom. The first-order chi connectivity index (χ1) is 9.65. The Balaban J connectivity index is 2.22. The summed E-state index contributed by atoms with van der Waals surface area (Å²) in [6, 6.07) is 5.31. The highest BCUT2D eigenvalue weighted by Gasteiger charge is 2.10. The molecule has 0 fully saturated rings. The van der Waals surface area contributed by atoms with Crippen LogP contribution in [0.2, 0.25) is 0 Å². The lowest BCUT2D eigenvalue weighted by Gasteiger charge is -2.06. The topological polar surface area (TPSA) is 73.6 Å². The molecule has 1 aromatic carbocycles. The van der Waals surface area contributed by atoms with Crippen molar-refractivity contribution in [1.29, 1.82) is 0 Å². The third-order valence-corrected chi connectivity index (χ3v) is 2.87. The second-order valence-corrected chi connectivity index (χ2v) is 4.51. The zero-order valence-corrected chi connectivity index (χ0v) is 12.1. The Bertz CT molecular complexity index is 424. The van der Waals surface area contributed by atoms with Crippen LogP contribution in [0, 0.1) is 17.0 Å². The summed E-state index contributed by atoms with van der Waals surface area (Å²) in [5.41, 5.74) is 1.78. The number of nitrogens with zero attached hydrogens (tertiary/aromatic N) is 1. The van der Waals surface area contributed by atoms with Gasteiger partial charge in [0, 0.05) is 31.9 Å². The number of benzene rings is 1. The molecular weight excluding hydrogens is 260 g/mol. The lowest BCUT2D eigenvalue weighted by Crippen LogP contribution is -2.17. The average Bonchev–Trinajstić information content (AvgIpc) is 2.43. The van der Waals surface area contributed by atoms with Crippen molar-refractivity contribution in [3.63, 3.8) is 0 Å². The maximum Gasteiger partial charge on any atom is 0.272 e. The third kappa shape index (κ3) is 6.10. The van der Waals surface area contributed by atoms with Gasteiger partial charge in [-0.1, -0.05) is 12.1 Å². The summed E-state index contributed by atoms with van der Waals surface area (Å²) in [4.78, 5) is 10.5. The van der Waals surface area contributed by atoms with Gasteiger partial charge in [0.2, 0.25) is 0 Å². The second kappa shape index (κ2) is 9.41. The van der Waals surface area contributed by atoms with Crippen molar-refractivity contribution in [1.82, 2.24) is 5.32 Å². The summed E-state index contributed by atoms with van der Waals surface area (Å²) in [6.07, 6.45) is 0.900. The molecule has 0 saturated heterocycles. The third-order valence-electron chi connectivity index (χ3n) is 2.87. The number of nitrogens with one attached hydrogen (secondary N) is 1. The molecule has 0 unspecified atom stereocenters. The summed E-state index contributed by atoms with van der Waals surface area (Å²) in [6.45, 7) is 5.09. The van der Waals surface area contributed by atoms with E-state index in [-0.39, 0.29) is 10.6 Å². The Hall–Kier alpha value is -1.50. The largest absolute Gasteiger partial charge is 0.382 e. The summed E-state index contributed by atoms with van der Waals surface area (Å²) >= 11 is 0. The number of hydrogen-bond donors (Lipinski definition) is 1. The van der Waals surface area contributed by atoms with Gasteiger partial charge < -0.3 is 14.8 Å². The van der Waals surface area contributed by atoms with E-state index < -0.39 is 0 Å². The molecule has 0 bridgehead atoms. The number of rotatable bonds is 10. The molecule has 0 aliphatic heterocycles. The molecule has 0 saturated carbocycles. The van der Waals surface area contributed by atoms with Gasteiger partial charge in [0.25, 0.3) is 5.69 Å². The predicted molar refractivity (Wildman–Crippen MR) is 76.9 cm³/mol. The molecule has 112 valence electrons. The molecule has 0 aliphatic carbocycles. The van der Waals surface area contributed by atoms with Crippen LogP contribution in [0.25, 0.3) is 0 Å². The van der Waals surface area contributed by atoms with Crippen molar-refractivity contribution in [3.8, 4) is 0 Å². The molecule has 0 radical (unpaired) electrons. The lowest BCUT2D eigenvalue weighted by molar-refractivity contribution is -0.385. The average molecular weight is 282 g/mol. The maximum absolute atomic E-state index is 10.8. The molecule has 0 atom stereocenters. The van der Waals surface area contributed by atoms with Gasteiger partial charge >= 0.3 is 0 Å². The highest BCUT2D eigenvalue weighted by atomic mass is 16.6. The van der Waals surface area contributed by atoms with E-state index >= 15 is 0 Å². The second-order valence-electron chi connectivity index (χ2n) is 4.51. The number of aryl methyl sites for hydroxylation is 1. The van der Waals surface area contributed by atoms with Crippen LogP contribution >= 0.6 is 0 Å². The van der Waals surface area contributed by atoms with Crippen LogP contribution in [-0.4, -0.2) is 38.4 Å². The van der Waals surface area contributed by atoms with Crippen LogP contribution in [-0.2, 0) is 16.0 Å². The first kappa shape index (κ1) is 16.6. The summed E-state index contributed by atoms with van der Waals surface area (Å²) in [5.74, 6) is 0. The van der Waals surface area contributed by atoms with E-state index in [1.807, 2.05) is 6.07 Å². The van der Waals surface area contributed by atoms with Crippen LogP contribution in [0.4, 0.5) is 5.69 Å². The van der Waals surface area contributed by atoms with E-state index in [1.165, 1.54) is 0 Å². The van der Waals surface area contributed by atoms with Crippen LogP contribution in [0.3, 0.4) is 0 Å². The van der Waals surface area contributed by atoms with Gasteiger partial charge in [-0.3, -0.25) is 10.1 Å². The quantitative estimate of drug-likeness (QED) is 0.404. The number of nitro benzene ring substituents is 1. The van der Waals surface area contributed by atoms with E-state index in [2.05, 4.69) is 5.32 Å². The molecular formula is C14H22N2O4. The van der Waals surface area contributed by atoms with E-state index in [1.54, 1.807) is 26.2 Å². The van der Waals surface area contributed by atoms with Crippen molar-refractivity contribution >= 4 is 5.69 Å². The zero-order chi connectivity index (χ0) is 14.8. The lowest BCUT2D eigenvalue weighted by atomic mass is 10.1. The number of hydrogen-bond acceptors (Lipinski definition) is 5. The zero-order valence-electron chi connectivity index (χ0n) is 12.1. The molecule has 0 aromatic heterocycles. The fourth-order valence-electron chi connectivity index (χ4n) is 1.74. The number of ether oxygens (including phenoxy) is 2. The minimum atomic E-state index is -0.345. The van der Waals surface area contributed by atoms with E-state index in [0.29, 0.717) is 31.9 Å². The van der Waals surface area contributed by atoms with E-state index in [9.17, 15) is 10.1 Å². The molecule has 6 nitrogen and oxygen atoms in total. The van der Waals surface area contributed by atoms with E-state index in [4.69, 9.17) is 9.47 Å². The molecule has 1 N–H and O–H groups in total. The fourth-order valence-corrected chi connectivity index (χ4v) is 1.74. The summed E-state index contributed by atoms with van der Waals surface area (Å²) in [5, 5.41) is 14.1. The molecule has 0 spiro atoms. The van der Waals surface area contributed by atoms with Gasteiger partial charge in [-0.15, -0.1) is 0 Å². The minimum Gasteiger partial charge on any atom is -0.382 e.